The van der Waals surface area contributed by atoms with Crippen molar-refractivity contribution in [3.05, 3.63) is 107 Å². The van der Waals surface area contributed by atoms with Gasteiger partial charge in [-0.05, 0) is 24.3 Å². The maximum absolute atomic E-state index is 14.4. The van der Waals surface area contributed by atoms with Crippen LogP contribution in [0.3, 0.4) is 0 Å². The van der Waals surface area contributed by atoms with Gasteiger partial charge in [-0.25, -0.2) is 35.1 Å². The number of nitrogens with zero attached hydrogens (tertiary/aromatic N) is 6. The molecule has 4 rings (SSSR count). The highest BCUT2D eigenvalue weighted by Crippen LogP contribution is 2.39. The molecule has 0 aliphatic carbocycles. The van der Waals surface area contributed by atoms with E-state index in [1.54, 1.807) is 12.1 Å². The van der Waals surface area contributed by atoms with Crippen molar-refractivity contribution < 1.29 is 35.1 Å². The van der Waals surface area contributed by atoms with Gasteiger partial charge < -0.3 is 0 Å². The minimum absolute atomic E-state index is 0.0950. The molecule has 0 heterocycles. The summed E-state index contributed by atoms with van der Waals surface area (Å²) in [6, 6.07) is 14.8. The summed E-state index contributed by atoms with van der Waals surface area (Å²) in [4.78, 5) is 0. The van der Waals surface area contributed by atoms with Crippen LogP contribution in [0.15, 0.2) is 91.3 Å². The number of rotatable bonds is 6. The van der Waals surface area contributed by atoms with Crippen molar-refractivity contribution in [1.82, 2.24) is 0 Å². The summed E-state index contributed by atoms with van der Waals surface area (Å²) in [6.45, 7) is 0. The van der Waals surface area contributed by atoms with Gasteiger partial charge in [-0.15, -0.1) is 20.5 Å². The molecule has 0 radical (unpaired) electrons. The van der Waals surface area contributed by atoms with Crippen molar-refractivity contribution in [2.75, 3.05) is 0 Å². The molecule has 192 valence electrons. The van der Waals surface area contributed by atoms with E-state index in [4.69, 9.17) is 0 Å². The first kappa shape index (κ1) is 26.2. The lowest BCUT2D eigenvalue weighted by molar-refractivity contribution is 0.455. The van der Waals surface area contributed by atoms with Crippen molar-refractivity contribution in [1.29, 1.82) is 0 Å². The molecule has 0 atom stereocenters. The van der Waals surface area contributed by atoms with E-state index in [2.05, 4.69) is 30.7 Å². The van der Waals surface area contributed by atoms with Crippen LogP contribution in [-0.2, 0) is 0 Å². The second-order valence-electron chi connectivity index (χ2n) is 7.18. The van der Waals surface area contributed by atoms with E-state index in [1.807, 2.05) is 0 Å². The molecule has 4 aromatic rings. The van der Waals surface area contributed by atoms with Crippen molar-refractivity contribution in [2.45, 2.75) is 0 Å². The summed E-state index contributed by atoms with van der Waals surface area (Å²) in [7, 11) is 0. The number of hydrogen-bond acceptors (Lipinski definition) is 6. The number of azo groups is 3. The van der Waals surface area contributed by atoms with Gasteiger partial charge in [-0.2, -0.15) is 10.2 Å². The lowest BCUT2D eigenvalue weighted by Crippen LogP contribution is -1.97. The van der Waals surface area contributed by atoms with Crippen LogP contribution in [0.1, 0.15) is 0 Å². The molecule has 0 fully saturated rings. The lowest BCUT2D eigenvalue weighted by Gasteiger charge is -2.06. The zero-order valence-electron chi connectivity index (χ0n) is 18.5. The summed E-state index contributed by atoms with van der Waals surface area (Å²) < 4.78 is 115. The van der Waals surface area contributed by atoms with Gasteiger partial charge in [0, 0.05) is 0 Å². The highest BCUT2D eigenvalue weighted by atomic mass is 19.2. The smallest absolute Gasteiger partial charge is 0.191 e. The van der Waals surface area contributed by atoms with Crippen LogP contribution in [0.2, 0.25) is 0 Å². The second kappa shape index (κ2) is 11.0. The first-order chi connectivity index (χ1) is 18.2. The van der Waals surface area contributed by atoms with Crippen LogP contribution in [0.4, 0.5) is 69.2 Å². The van der Waals surface area contributed by atoms with Gasteiger partial charge in [0.1, 0.15) is 0 Å². The van der Waals surface area contributed by atoms with Crippen LogP contribution in [0, 0.1) is 46.5 Å². The minimum atomic E-state index is -2.16. The molecule has 38 heavy (non-hydrogen) atoms. The van der Waals surface area contributed by atoms with Gasteiger partial charge in [0.05, 0.1) is 11.4 Å². The Bertz CT molecular complexity index is 1410. The first-order valence-corrected chi connectivity index (χ1v) is 10.3. The maximum atomic E-state index is 14.4. The van der Waals surface area contributed by atoms with E-state index in [0.29, 0.717) is 0 Å². The molecule has 0 spiro atoms. The monoisotopic (exact) mass is 534 g/mol. The zero-order chi connectivity index (χ0) is 27.4. The van der Waals surface area contributed by atoms with Crippen molar-refractivity contribution in [2.24, 2.45) is 30.7 Å². The molecule has 4 aromatic carbocycles. The molecule has 0 saturated heterocycles. The molecule has 6 nitrogen and oxygen atoms in total. The van der Waals surface area contributed by atoms with Gasteiger partial charge >= 0.3 is 0 Å². The Labute approximate surface area is 207 Å². The summed E-state index contributed by atoms with van der Waals surface area (Å²) in [5, 5.41) is 18.7. The first-order valence-electron chi connectivity index (χ1n) is 10.3. The largest absolute Gasteiger partial charge is 0.201 e. The fourth-order valence-corrected chi connectivity index (χ4v) is 2.87. The molecule has 0 aliphatic rings. The second-order valence-corrected chi connectivity index (χ2v) is 7.18. The van der Waals surface area contributed by atoms with Gasteiger partial charge in [-0.1, -0.05) is 36.4 Å². The maximum Gasteiger partial charge on any atom is 0.191 e. The van der Waals surface area contributed by atoms with Crippen molar-refractivity contribution in [3.63, 3.8) is 0 Å². The van der Waals surface area contributed by atoms with E-state index in [-0.39, 0.29) is 11.4 Å². The fraction of sp³-hybridized carbons (Fsp3) is 0. The third-order valence-electron chi connectivity index (χ3n) is 4.73. The Balaban J connectivity index is 1.71. The van der Waals surface area contributed by atoms with Gasteiger partial charge in [0.2, 0.25) is 0 Å². The average molecular weight is 534 g/mol. The summed E-state index contributed by atoms with van der Waals surface area (Å²) in [6.07, 6.45) is 0. The number of hydrogen-bond donors (Lipinski definition) is 0. The Morgan fingerprint density at radius 1 is 0.289 bits per heavy atom. The van der Waals surface area contributed by atoms with E-state index in [0.717, 1.165) is 0 Å². The highest BCUT2D eigenvalue weighted by Gasteiger charge is 2.28. The molecular weight excluding hydrogens is 524 g/mol. The molecule has 0 aliphatic heterocycles. The van der Waals surface area contributed by atoms with Crippen LogP contribution < -0.4 is 0 Å². The lowest BCUT2D eigenvalue weighted by atomic mass is 10.2. The SMILES string of the molecule is Fc1c(F)c(N=Nc2c(F)c(F)c(N=Nc3ccccc3)c(F)c2F)c(F)c(F)c1N=Nc1ccccc1. The quantitative estimate of drug-likeness (QED) is 0.134. The van der Waals surface area contributed by atoms with E-state index in [1.165, 1.54) is 48.5 Å². The van der Waals surface area contributed by atoms with Gasteiger partial charge in [-0.3, -0.25) is 0 Å². The Morgan fingerprint density at radius 2 is 0.500 bits per heavy atom. The molecule has 0 unspecified atom stereocenters. The van der Waals surface area contributed by atoms with E-state index in [9.17, 15) is 35.1 Å². The predicted molar refractivity (Wildman–Crippen MR) is 118 cm³/mol. The third kappa shape index (κ3) is 5.14. The molecule has 14 heteroatoms. The van der Waals surface area contributed by atoms with Crippen LogP contribution in [0.25, 0.3) is 0 Å². The fourth-order valence-electron chi connectivity index (χ4n) is 2.87. The molecule has 0 amide bonds. The standard InChI is InChI=1S/C24H10F8N6/c25-13-17(29)23(18(30)14(26)21(13)35-33-11-7-3-1-4-8-11)37-38-24-19(31)15(27)22(16(28)20(24)32)36-34-12-9-5-2-6-10-12/h1-10H. The van der Waals surface area contributed by atoms with Gasteiger partial charge in [0.25, 0.3) is 0 Å². The third-order valence-corrected chi connectivity index (χ3v) is 4.73. The van der Waals surface area contributed by atoms with E-state index >= 15 is 0 Å². The average Bonchev–Trinajstić information content (AvgIpc) is 2.93. The van der Waals surface area contributed by atoms with Crippen molar-refractivity contribution in [3.8, 4) is 0 Å². The zero-order valence-corrected chi connectivity index (χ0v) is 18.5. The molecule has 0 bridgehead atoms. The van der Waals surface area contributed by atoms with Crippen LogP contribution >= 0.6 is 0 Å². The summed E-state index contributed by atoms with van der Waals surface area (Å²) in [5.74, 6) is -16.9. The summed E-state index contributed by atoms with van der Waals surface area (Å²) in [5.41, 5.74) is -6.32. The number of benzene rings is 4. The predicted octanol–water partition coefficient (Wildman–Crippen LogP) is 10.0. The Hall–Kier alpha value is -4.88. The topological polar surface area (TPSA) is 74.2 Å². The Morgan fingerprint density at radius 3 is 0.737 bits per heavy atom. The molecule has 0 N–H and O–H groups in total. The minimum Gasteiger partial charge on any atom is -0.201 e. The van der Waals surface area contributed by atoms with Crippen LogP contribution in [-0.4, -0.2) is 0 Å². The Kier molecular flexibility index (Phi) is 7.60. The molecule has 0 aromatic heterocycles. The summed E-state index contributed by atoms with van der Waals surface area (Å²) >= 11 is 0. The number of halogens is 8. The van der Waals surface area contributed by atoms with Gasteiger partial charge in [0.15, 0.2) is 69.3 Å². The van der Waals surface area contributed by atoms with E-state index < -0.39 is 69.3 Å². The van der Waals surface area contributed by atoms with Crippen molar-refractivity contribution >= 4 is 34.1 Å². The molecular formula is C24H10F8N6. The normalized spacial score (nSPS) is 11.9. The molecule has 0 saturated carbocycles. The van der Waals surface area contributed by atoms with Crippen LogP contribution in [0.5, 0.6) is 0 Å². The highest BCUT2D eigenvalue weighted by molar-refractivity contribution is 5.55.